The summed E-state index contributed by atoms with van der Waals surface area (Å²) in [6, 6.07) is 3.59. The molecule has 1 aromatic carbocycles. The topological polar surface area (TPSA) is 30.2 Å². The largest absolute Gasteiger partial charge is 0.463 e. The second-order valence-electron chi connectivity index (χ2n) is 3.47. The second kappa shape index (κ2) is 2.61. The van der Waals surface area contributed by atoms with E-state index in [-0.39, 0.29) is 5.78 Å². The molecular weight excluding hydrogens is 200 g/mol. The zero-order chi connectivity index (χ0) is 9.71. The highest BCUT2D eigenvalue weighted by Gasteiger charge is 2.23. The van der Waals surface area contributed by atoms with E-state index >= 15 is 0 Å². The van der Waals surface area contributed by atoms with E-state index in [1.54, 1.807) is 12.3 Å². The van der Waals surface area contributed by atoms with E-state index in [1.165, 1.54) is 0 Å². The molecule has 0 radical (unpaired) electrons. The van der Waals surface area contributed by atoms with Crippen LogP contribution >= 0.6 is 11.6 Å². The third kappa shape index (κ3) is 0.891. The number of ketones is 1. The first-order valence-corrected chi connectivity index (χ1v) is 4.87. The number of rotatable bonds is 0. The van der Waals surface area contributed by atoms with Gasteiger partial charge in [0.05, 0.1) is 11.3 Å². The van der Waals surface area contributed by atoms with Crippen LogP contribution in [-0.2, 0) is 6.42 Å². The molecule has 0 N–H and O–H groups in total. The first-order chi connectivity index (χ1) is 6.77. The van der Waals surface area contributed by atoms with Crippen LogP contribution in [0.3, 0.4) is 0 Å². The quantitative estimate of drug-likeness (QED) is 0.663. The molecule has 3 rings (SSSR count). The number of fused-ring (bicyclic) bond motifs is 3. The lowest BCUT2D eigenvalue weighted by Crippen LogP contribution is -1.90. The minimum Gasteiger partial charge on any atom is -0.463 e. The minimum atomic E-state index is 0.185. The van der Waals surface area contributed by atoms with Gasteiger partial charge in [0.2, 0.25) is 0 Å². The van der Waals surface area contributed by atoms with Crippen LogP contribution in [0.15, 0.2) is 22.8 Å². The van der Waals surface area contributed by atoms with Gasteiger partial charge < -0.3 is 4.42 Å². The van der Waals surface area contributed by atoms with E-state index in [4.69, 9.17) is 16.0 Å². The van der Waals surface area contributed by atoms with Gasteiger partial charge in [-0.05, 0) is 24.1 Å². The van der Waals surface area contributed by atoms with Crippen LogP contribution in [-0.4, -0.2) is 5.78 Å². The monoisotopic (exact) mass is 206 g/mol. The lowest BCUT2D eigenvalue weighted by molar-refractivity contribution is 0.0994. The Labute approximate surface area is 85.5 Å². The summed E-state index contributed by atoms with van der Waals surface area (Å²) in [4.78, 5) is 11.5. The van der Waals surface area contributed by atoms with E-state index in [9.17, 15) is 4.79 Å². The van der Waals surface area contributed by atoms with E-state index in [0.717, 1.165) is 22.9 Å². The van der Waals surface area contributed by atoms with Gasteiger partial charge in [-0.25, -0.2) is 0 Å². The lowest BCUT2D eigenvalue weighted by Gasteiger charge is -2.00. The number of hydrogen-bond acceptors (Lipinski definition) is 2. The average molecular weight is 207 g/mol. The highest BCUT2D eigenvalue weighted by Crippen LogP contribution is 2.35. The average Bonchev–Trinajstić information content (AvgIpc) is 2.74. The van der Waals surface area contributed by atoms with E-state index in [1.807, 2.05) is 6.07 Å². The van der Waals surface area contributed by atoms with Gasteiger partial charge in [-0.1, -0.05) is 11.6 Å². The van der Waals surface area contributed by atoms with Crippen LogP contribution in [0.25, 0.3) is 11.0 Å². The summed E-state index contributed by atoms with van der Waals surface area (Å²) < 4.78 is 5.27. The summed E-state index contributed by atoms with van der Waals surface area (Å²) in [6.45, 7) is 0. The maximum absolute atomic E-state index is 11.5. The number of carbonyl (C=O) groups excluding carboxylic acids is 1. The Balaban J connectivity index is 2.49. The fourth-order valence-corrected chi connectivity index (χ4v) is 2.30. The maximum Gasteiger partial charge on any atom is 0.163 e. The summed E-state index contributed by atoms with van der Waals surface area (Å²) in [5, 5.41) is 1.51. The number of carbonyl (C=O) groups is 1. The summed E-state index contributed by atoms with van der Waals surface area (Å²) in [6.07, 6.45) is 3.01. The fraction of sp³-hybridized carbons (Fsp3) is 0.182. The van der Waals surface area contributed by atoms with Crippen molar-refractivity contribution < 1.29 is 9.21 Å². The molecule has 2 nitrogen and oxygen atoms in total. The van der Waals surface area contributed by atoms with Crippen LogP contribution in [0.4, 0.5) is 0 Å². The van der Waals surface area contributed by atoms with Gasteiger partial charge in [0.15, 0.2) is 11.4 Å². The number of Topliss-reactive ketones (excluding diaryl/α,β-unsaturated/α-hetero) is 1. The van der Waals surface area contributed by atoms with Crippen molar-refractivity contribution in [2.24, 2.45) is 0 Å². The van der Waals surface area contributed by atoms with E-state index < -0.39 is 0 Å². The molecule has 1 aliphatic rings. The van der Waals surface area contributed by atoms with Gasteiger partial charge in [0, 0.05) is 17.4 Å². The van der Waals surface area contributed by atoms with Gasteiger partial charge in [-0.2, -0.15) is 0 Å². The normalized spacial score (nSPS) is 15.1. The molecule has 0 saturated carbocycles. The van der Waals surface area contributed by atoms with Crippen molar-refractivity contribution in [3.8, 4) is 0 Å². The molecule has 0 unspecified atom stereocenters. The lowest BCUT2D eigenvalue weighted by atomic mass is 10.1. The molecule has 2 aromatic rings. The fourth-order valence-electron chi connectivity index (χ4n) is 2.05. The Bertz CT molecular complexity index is 539. The molecule has 0 fully saturated rings. The zero-order valence-electron chi connectivity index (χ0n) is 7.34. The standard InChI is InChI=1S/C11H7ClO2/c12-9-5-8-6(1-2-10(8)13)7-3-4-14-11(7)9/h3-5H,1-2H2. The van der Waals surface area contributed by atoms with Gasteiger partial charge in [-0.3, -0.25) is 4.79 Å². The van der Waals surface area contributed by atoms with Crippen LogP contribution in [0, 0.1) is 0 Å². The van der Waals surface area contributed by atoms with Crippen molar-refractivity contribution in [2.75, 3.05) is 0 Å². The second-order valence-corrected chi connectivity index (χ2v) is 3.88. The molecule has 14 heavy (non-hydrogen) atoms. The minimum absolute atomic E-state index is 0.185. The maximum atomic E-state index is 11.5. The molecule has 0 bridgehead atoms. The molecule has 0 aliphatic heterocycles. The molecular formula is C11H7ClO2. The van der Waals surface area contributed by atoms with Gasteiger partial charge in [-0.15, -0.1) is 0 Å². The predicted molar refractivity (Wildman–Crippen MR) is 53.9 cm³/mol. The first-order valence-electron chi connectivity index (χ1n) is 4.49. The van der Waals surface area contributed by atoms with Crippen LogP contribution in [0.5, 0.6) is 0 Å². The van der Waals surface area contributed by atoms with Crippen LogP contribution in [0.2, 0.25) is 5.02 Å². The summed E-state index contributed by atoms with van der Waals surface area (Å²) in [7, 11) is 0. The molecule has 0 atom stereocenters. The van der Waals surface area contributed by atoms with E-state index in [0.29, 0.717) is 17.0 Å². The van der Waals surface area contributed by atoms with Gasteiger partial charge >= 0.3 is 0 Å². The molecule has 1 aliphatic carbocycles. The smallest absolute Gasteiger partial charge is 0.163 e. The van der Waals surface area contributed by atoms with Crippen molar-refractivity contribution in [1.82, 2.24) is 0 Å². The Morgan fingerprint density at radius 1 is 1.36 bits per heavy atom. The molecule has 1 aromatic heterocycles. The molecule has 1 heterocycles. The van der Waals surface area contributed by atoms with Crippen molar-refractivity contribution in [3.05, 3.63) is 34.5 Å². The highest BCUT2D eigenvalue weighted by molar-refractivity contribution is 6.35. The third-order valence-corrected chi connectivity index (χ3v) is 2.99. The summed E-state index contributed by atoms with van der Waals surface area (Å²) in [5.41, 5.74) is 2.55. The van der Waals surface area contributed by atoms with Crippen molar-refractivity contribution >= 4 is 28.4 Å². The Kier molecular flexibility index (Phi) is 1.50. The van der Waals surface area contributed by atoms with Gasteiger partial charge in [0.25, 0.3) is 0 Å². The number of halogens is 1. The Hall–Kier alpha value is -1.28. The number of aryl methyl sites for hydroxylation is 1. The number of furan rings is 1. The SMILES string of the molecule is O=C1CCc2c1cc(Cl)c1occc21. The van der Waals surface area contributed by atoms with Crippen molar-refractivity contribution in [3.63, 3.8) is 0 Å². The van der Waals surface area contributed by atoms with Crippen LogP contribution in [0.1, 0.15) is 22.3 Å². The zero-order valence-corrected chi connectivity index (χ0v) is 8.10. The summed E-state index contributed by atoms with van der Waals surface area (Å²) >= 11 is 6.00. The highest BCUT2D eigenvalue weighted by atomic mass is 35.5. The van der Waals surface area contributed by atoms with Gasteiger partial charge in [0.1, 0.15) is 0 Å². The van der Waals surface area contributed by atoms with Crippen molar-refractivity contribution in [1.29, 1.82) is 0 Å². The van der Waals surface area contributed by atoms with Crippen molar-refractivity contribution in [2.45, 2.75) is 12.8 Å². The van der Waals surface area contributed by atoms with E-state index in [2.05, 4.69) is 0 Å². The molecule has 70 valence electrons. The predicted octanol–water partition coefficient (Wildman–Crippen LogP) is 3.22. The molecule has 0 saturated heterocycles. The third-order valence-electron chi connectivity index (χ3n) is 2.71. The first kappa shape index (κ1) is 8.06. The molecule has 0 amide bonds. The number of hydrogen-bond donors (Lipinski definition) is 0. The Morgan fingerprint density at radius 3 is 3.07 bits per heavy atom. The molecule has 0 spiro atoms. The van der Waals surface area contributed by atoms with Crippen LogP contribution < -0.4 is 0 Å². The Morgan fingerprint density at radius 2 is 2.21 bits per heavy atom. The number of benzene rings is 1. The molecule has 3 heteroatoms. The summed E-state index contributed by atoms with van der Waals surface area (Å²) in [5.74, 6) is 0.185.